The van der Waals surface area contributed by atoms with Crippen LogP contribution < -0.4 is 0 Å². The van der Waals surface area contributed by atoms with Gasteiger partial charge in [0.2, 0.25) is 0 Å². The van der Waals surface area contributed by atoms with Gasteiger partial charge < -0.3 is 29.9 Å². The molecular formula is C35H30O7. The molecule has 1 aromatic heterocycles. The van der Waals surface area contributed by atoms with Crippen molar-refractivity contribution in [2.75, 3.05) is 0 Å². The van der Waals surface area contributed by atoms with Crippen molar-refractivity contribution >= 4 is 16.8 Å². The summed E-state index contributed by atoms with van der Waals surface area (Å²) in [7, 11) is 0. The molecule has 1 heterocycles. The minimum atomic E-state index is -0.790. The predicted molar refractivity (Wildman–Crippen MR) is 159 cm³/mol. The number of aryl methyl sites for hydroxylation is 1. The van der Waals surface area contributed by atoms with Crippen LogP contribution >= 0.6 is 0 Å². The number of carbonyl (C=O) groups is 1. The number of phenolic OH excluding ortho intramolecular Hbond substituents is 5. The monoisotopic (exact) mass is 562 g/mol. The number of hydrogen-bond donors (Lipinski definition) is 5. The van der Waals surface area contributed by atoms with Gasteiger partial charge in [-0.15, -0.1) is 0 Å². The lowest BCUT2D eigenvalue weighted by Gasteiger charge is -2.37. The predicted octanol–water partition coefficient (Wildman–Crippen LogP) is 7.65. The fourth-order valence-electron chi connectivity index (χ4n) is 6.29. The van der Waals surface area contributed by atoms with E-state index in [2.05, 4.69) is 0 Å². The Morgan fingerprint density at radius 2 is 1.48 bits per heavy atom. The van der Waals surface area contributed by atoms with Crippen LogP contribution in [-0.4, -0.2) is 31.3 Å². The molecule has 212 valence electrons. The maximum Gasteiger partial charge on any atom is 0.171 e. The number of rotatable bonds is 5. The molecule has 0 amide bonds. The van der Waals surface area contributed by atoms with Crippen LogP contribution in [-0.2, 0) is 0 Å². The highest BCUT2D eigenvalue weighted by atomic mass is 16.3. The Bertz CT molecular complexity index is 1860. The molecule has 7 heteroatoms. The largest absolute Gasteiger partial charge is 0.508 e. The first-order valence-electron chi connectivity index (χ1n) is 13.7. The second-order valence-electron chi connectivity index (χ2n) is 11.1. The van der Waals surface area contributed by atoms with Crippen molar-refractivity contribution in [1.82, 2.24) is 0 Å². The molecule has 0 saturated heterocycles. The molecule has 7 nitrogen and oxygen atoms in total. The van der Waals surface area contributed by atoms with Crippen molar-refractivity contribution in [3.63, 3.8) is 0 Å². The van der Waals surface area contributed by atoms with Gasteiger partial charge in [0.1, 0.15) is 40.1 Å². The summed E-state index contributed by atoms with van der Waals surface area (Å²) in [6.07, 6.45) is 2.47. The van der Waals surface area contributed by atoms with Crippen molar-refractivity contribution in [1.29, 1.82) is 0 Å². The van der Waals surface area contributed by atoms with Crippen LogP contribution in [0.3, 0.4) is 0 Å². The minimum Gasteiger partial charge on any atom is -0.508 e. The maximum atomic E-state index is 14.3. The number of benzene rings is 4. The van der Waals surface area contributed by atoms with Crippen LogP contribution in [0, 0.1) is 12.8 Å². The molecule has 4 aromatic carbocycles. The zero-order valence-electron chi connectivity index (χ0n) is 23.1. The molecule has 1 aliphatic carbocycles. The van der Waals surface area contributed by atoms with Gasteiger partial charge in [-0.25, -0.2) is 0 Å². The molecule has 5 N–H and O–H groups in total. The average Bonchev–Trinajstić information content (AvgIpc) is 3.36. The van der Waals surface area contributed by atoms with Crippen molar-refractivity contribution in [3.05, 3.63) is 113 Å². The lowest BCUT2D eigenvalue weighted by molar-refractivity contribution is 0.0877. The van der Waals surface area contributed by atoms with Crippen LogP contribution in [0.2, 0.25) is 0 Å². The normalized spacial score (nSPS) is 18.6. The summed E-state index contributed by atoms with van der Waals surface area (Å²) in [5, 5.41) is 53.8. The highest BCUT2D eigenvalue weighted by molar-refractivity contribution is 6.02. The quantitative estimate of drug-likeness (QED) is 0.110. The number of Topliss-reactive ketones (excluding diaryl/α,β-unsaturated/α-hetero) is 1. The van der Waals surface area contributed by atoms with Crippen LogP contribution in [0.4, 0.5) is 0 Å². The Hall–Kier alpha value is -5.17. The number of phenols is 5. The number of carbonyl (C=O) groups excluding carboxylic acids is 1. The summed E-state index contributed by atoms with van der Waals surface area (Å²) in [5.74, 6) is -2.67. The SMILES string of the molecule is CC1=CC(c2c(O)cc(-c3cc4ccc(O)cc4o3)cc2O)C(C(=O)c2ccc(O)cc2O)C(c2ccccc2C)C1. The number of ketones is 1. The third-order valence-corrected chi connectivity index (χ3v) is 8.22. The molecule has 1 aliphatic rings. The highest BCUT2D eigenvalue weighted by Crippen LogP contribution is 2.52. The van der Waals surface area contributed by atoms with Crippen LogP contribution in [0.15, 0.2) is 94.9 Å². The highest BCUT2D eigenvalue weighted by Gasteiger charge is 2.42. The second kappa shape index (κ2) is 10.3. The van der Waals surface area contributed by atoms with Crippen LogP contribution in [0.1, 0.15) is 52.2 Å². The van der Waals surface area contributed by atoms with E-state index >= 15 is 0 Å². The summed E-state index contributed by atoms with van der Waals surface area (Å²) >= 11 is 0. The number of aromatic hydroxyl groups is 5. The van der Waals surface area contributed by atoms with E-state index in [9.17, 15) is 30.3 Å². The first-order chi connectivity index (χ1) is 20.1. The molecule has 0 radical (unpaired) electrons. The van der Waals surface area contributed by atoms with Crippen molar-refractivity contribution in [2.45, 2.75) is 32.1 Å². The number of fused-ring (bicyclic) bond motifs is 1. The fraction of sp³-hybridized carbons (Fsp3) is 0.171. The number of allylic oxidation sites excluding steroid dienone is 2. The molecule has 3 unspecified atom stereocenters. The first-order valence-corrected chi connectivity index (χ1v) is 13.7. The standard InChI is InChI=1S/C35H30O7/c1-18-11-26(24-6-4-3-5-19(24)2)33(35(41)25-10-9-22(36)16-28(25)38)27(12-18)34-29(39)13-21(14-30(34)40)31-15-20-7-8-23(37)17-32(20)42-31/h3-10,12-17,26-27,33,36-40H,11H2,1-2H3. The van der Waals surface area contributed by atoms with Gasteiger partial charge in [0, 0.05) is 40.5 Å². The summed E-state index contributed by atoms with van der Waals surface area (Å²) in [6.45, 7) is 3.94. The zero-order valence-corrected chi connectivity index (χ0v) is 23.1. The van der Waals surface area contributed by atoms with Crippen molar-refractivity contribution in [3.8, 4) is 40.1 Å². The van der Waals surface area contributed by atoms with Crippen LogP contribution in [0.25, 0.3) is 22.3 Å². The molecule has 0 saturated carbocycles. The van der Waals surface area contributed by atoms with E-state index < -0.39 is 11.8 Å². The smallest absolute Gasteiger partial charge is 0.171 e. The molecule has 5 aromatic rings. The van der Waals surface area contributed by atoms with Crippen molar-refractivity contribution in [2.24, 2.45) is 5.92 Å². The van der Waals surface area contributed by atoms with E-state index in [0.29, 0.717) is 23.3 Å². The second-order valence-corrected chi connectivity index (χ2v) is 11.1. The summed E-state index contributed by atoms with van der Waals surface area (Å²) in [4.78, 5) is 14.3. The summed E-state index contributed by atoms with van der Waals surface area (Å²) in [5.41, 5.74) is 4.09. The van der Waals surface area contributed by atoms with E-state index in [1.54, 1.807) is 18.2 Å². The molecule has 0 fully saturated rings. The maximum absolute atomic E-state index is 14.3. The van der Waals surface area contributed by atoms with E-state index in [1.165, 1.54) is 30.3 Å². The molecule has 3 atom stereocenters. The summed E-state index contributed by atoms with van der Waals surface area (Å²) < 4.78 is 5.88. The van der Waals surface area contributed by atoms with E-state index in [0.717, 1.165) is 28.2 Å². The Labute approximate surface area is 242 Å². The topological polar surface area (TPSA) is 131 Å². The van der Waals surface area contributed by atoms with Gasteiger partial charge in [-0.05, 0) is 79.8 Å². The Balaban J connectivity index is 1.50. The van der Waals surface area contributed by atoms with Crippen LogP contribution in [0.5, 0.6) is 28.7 Å². The fourth-order valence-corrected chi connectivity index (χ4v) is 6.29. The zero-order chi connectivity index (χ0) is 29.7. The Kier molecular flexibility index (Phi) is 6.65. The summed E-state index contributed by atoms with van der Waals surface area (Å²) in [6, 6.07) is 21.2. The molecule has 0 aliphatic heterocycles. The van der Waals surface area contributed by atoms with E-state index in [-0.39, 0.29) is 51.6 Å². The van der Waals surface area contributed by atoms with Gasteiger partial charge in [0.25, 0.3) is 0 Å². The Morgan fingerprint density at radius 3 is 2.19 bits per heavy atom. The van der Waals surface area contributed by atoms with Gasteiger partial charge in [-0.2, -0.15) is 0 Å². The van der Waals surface area contributed by atoms with E-state index in [1.807, 2.05) is 44.2 Å². The third kappa shape index (κ3) is 4.73. The Morgan fingerprint density at radius 1 is 0.786 bits per heavy atom. The number of furan rings is 1. The number of hydrogen-bond acceptors (Lipinski definition) is 7. The minimum absolute atomic E-state index is 0.0514. The van der Waals surface area contributed by atoms with Gasteiger partial charge in [-0.3, -0.25) is 4.79 Å². The molecule has 0 spiro atoms. The lowest BCUT2D eigenvalue weighted by atomic mass is 9.65. The van der Waals surface area contributed by atoms with Gasteiger partial charge in [0.05, 0.1) is 5.56 Å². The van der Waals surface area contributed by atoms with Gasteiger partial charge in [0.15, 0.2) is 5.78 Å². The third-order valence-electron chi connectivity index (χ3n) is 8.22. The average molecular weight is 563 g/mol. The van der Waals surface area contributed by atoms with Gasteiger partial charge in [-0.1, -0.05) is 35.9 Å². The van der Waals surface area contributed by atoms with Gasteiger partial charge >= 0.3 is 0 Å². The molecule has 42 heavy (non-hydrogen) atoms. The van der Waals surface area contributed by atoms with Crippen molar-refractivity contribution < 1.29 is 34.7 Å². The van der Waals surface area contributed by atoms with E-state index in [4.69, 9.17) is 4.42 Å². The molecular weight excluding hydrogens is 532 g/mol. The molecule has 6 rings (SSSR count). The first kappa shape index (κ1) is 27.0. The molecule has 0 bridgehead atoms. The lowest BCUT2D eigenvalue weighted by Crippen LogP contribution is -2.32.